The van der Waals surface area contributed by atoms with Crippen LogP contribution < -0.4 is 0 Å². The van der Waals surface area contributed by atoms with Crippen molar-refractivity contribution in [1.82, 2.24) is 9.55 Å². The minimum Gasteiger partial charge on any atom is -0.390 e. The molecular formula is C12H22N2O2. The first kappa shape index (κ1) is 13.2. The van der Waals surface area contributed by atoms with Crippen LogP contribution in [-0.4, -0.2) is 33.0 Å². The quantitative estimate of drug-likeness (QED) is 0.800. The lowest BCUT2D eigenvalue weighted by Crippen LogP contribution is -2.43. The molecule has 2 unspecified atom stereocenters. The van der Waals surface area contributed by atoms with Gasteiger partial charge in [0.05, 0.1) is 11.7 Å². The van der Waals surface area contributed by atoms with E-state index in [-0.39, 0.29) is 0 Å². The second-order valence-electron chi connectivity index (χ2n) is 4.27. The SMILES string of the molecule is CCOC(C)(CC)C(O)Cc1nccn1C. The topological polar surface area (TPSA) is 47.3 Å². The molecule has 0 amide bonds. The van der Waals surface area contributed by atoms with Crippen LogP contribution in [-0.2, 0) is 18.2 Å². The Balaban J connectivity index is 2.69. The predicted molar refractivity (Wildman–Crippen MR) is 63.2 cm³/mol. The molecule has 1 N–H and O–H groups in total. The number of rotatable bonds is 6. The monoisotopic (exact) mass is 226 g/mol. The predicted octanol–water partition coefficient (Wildman–Crippen LogP) is 1.53. The van der Waals surface area contributed by atoms with E-state index in [0.717, 1.165) is 12.2 Å². The molecule has 2 atom stereocenters. The standard InChI is InChI=1S/C12H22N2O2/c1-5-12(3,16-6-2)10(15)9-11-13-7-8-14(11)4/h7-8,10,15H,5-6,9H2,1-4H3. The Labute approximate surface area is 97.3 Å². The van der Waals surface area contributed by atoms with Gasteiger partial charge in [-0.15, -0.1) is 0 Å². The molecule has 0 bridgehead atoms. The first-order valence-electron chi connectivity index (χ1n) is 5.81. The van der Waals surface area contributed by atoms with Crippen molar-refractivity contribution in [2.75, 3.05) is 6.61 Å². The summed E-state index contributed by atoms with van der Waals surface area (Å²) in [5.74, 6) is 0.881. The summed E-state index contributed by atoms with van der Waals surface area (Å²) in [6, 6.07) is 0. The van der Waals surface area contributed by atoms with E-state index in [1.165, 1.54) is 0 Å². The third kappa shape index (κ3) is 2.83. The molecule has 16 heavy (non-hydrogen) atoms. The molecule has 1 aromatic rings. The maximum atomic E-state index is 10.2. The Morgan fingerprint density at radius 3 is 2.69 bits per heavy atom. The van der Waals surface area contributed by atoms with Crippen LogP contribution in [0.4, 0.5) is 0 Å². The Kier molecular flexibility index (Phi) is 4.50. The molecule has 0 fully saturated rings. The van der Waals surface area contributed by atoms with Gasteiger partial charge in [-0.3, -0.25) is 0 Å². The summed E-state index contributed by atoms with van der Waals surface area (Å²) in [5.41, 5.74) is -0.485. The third-order valence-electron chi connectivity index (χ3n) is 3.18. The number of aliphatic hydroxyl groups is 1. The van der Waals surface area contributed by atoms with Gasteiger partial charge in [0.25, 0.3) is 0 Å². The van der Waals surface area contributed by atoms with Gasteiger partial charge >= 0.3 is 0 Å². The second kappa shape index (κ2) is 5.46. The van der Waals surface area contributed by atoms with Crippen LogP contribution in [0.1, 0.15) is 33.0 Å². The summed E-state index contributed by atoms with van der Waals surface area (Å²) >= 11 is 0. The van der Waals surface area contributed by atoms with Crippen molar-refractivity contribution in [2.24, 2.45) is 7.05 Å². The summed E-state index contributed by atoms with van der Waals surface area (Å²) in [6.45, 7) is 6.53. The Bertz CT molecular complexity index is 325. The zero-order valence-corrected chi connectivity index (χ0v) is 10.6. The molecule has 0 aliphatic rings. The van der Waals surface area contributed by atoms with E-state index in [1.807, 2.05) is 38.6 Å². The highest BCUT2D eigenvalue weighted by Crippen LogP contribution is 2.22. The van der Waals surface area contributed by atoms with E-state index >= 15 is 0 Å². The zero-order chi connectivity index (χ0) is 12.2. The van der Waals surface area contributed by atoms with Crippen molar-refractivity contribution < 1.29 is 9.84 Å². The average Bonchev–Trinajstić information content (AvgIpc) is 2.64. The Morgan fingerprint density at radius 1 is 1.56 bits per heavy atom. The molecular weight excluding hydrogens is 204 g/mol. The molecule has 1 heterocycles. The lowest BCUT2D eigenvalue weighted by Gasteiger charge is -2.33. The number of aryl methyl sites for hydroxylation is 1. The van der Waals surface area contributed by atoms with Gasteiger partial charge in [0.2, 0.25) is 0 Å². The molecule has 0 spiro atoms. The number of aliphatic hydroxyl groups excluding tert-OH is 1. The molecule has 0 aliphatic heterocycles. The lowest BCUT2D eigenvalue weighted by atomic mass is 9.93. The van der Waals surface area contributed by atoms with Gasteiger partial charge in [-0.1, -0.05) is 6.92 Å². The third-order valence-corrected chi connectivity index (χ3v) is 3.18. The molecule has 4 heteroatoms. The van der Waals surface area contributed by atoms with Gasteiger partial charge in [0.15, 0.2) is 0 Å². The van der Waals surface area contributed by atoms with E-state index < -0.39 is 11.7 Å². The number of ether oxygens (including phenoxy) is 1. The number of imidazole rings is 1. The van der Waals surface area contributed by atoms with E-state index in [9.17, 15) is 5.11 Å². The maximum Gasteiger partial charge on any atom is 0.111 e. The number of aromatic nitrogens is 2. The lowest BCUT2D eigenvalue weighted by molar-refractivity contribution is -0.110. The van der Waals surface area contributed by atoms with E-state index in [1.54, 1.807) is 6.20 Å². The van der Waals surface area contributed by atoms with Crippen molar-refractivity contribution in [1.29, 1.82) is 0 Å². The number of nitrogens with zero attached hydrogens (tertiary/aromatic N) is 2. The summed E-state index contributed by atoms with van der Waals surface area (Å²) in [5, 5.41) is 10.2. The highest BCUT2D eigenvalue weighted by atomic mass is 16.5. The van der Waals surface area contributed by atoms with Gasteiger partial charge in [0.1, 0.15) is 5.82 Å². The normalized spacial score (nSPS) is 17.1. The van der Waals surface area contributed by atoms with Crippen molar-refractivity contribution in [3.63, 3.8) is 0 Å². The summed E-state index contributed by atoms with van der Waals surface area (Å²) in [4.78, 5) is 4.21. The summed E-state index contributed by atoms with van der Waals surface area (Å²) in [7, 11) is 1.93. The molecule has 4 nitrogen and oxygen atoms in total. The highest BCUT2D eigenvalue weighted by molar-refractivity contribution is 4.97. The Hall–Kier alpha value is -0.870. The second-order valence-corrected chi connectivity index (χ2v) is 4.27. The number of hydrogen-bond acceptors (Lipinski definition) is 3. The van der Waals surface area contributed by atoms with Crippen molar-refractivity contribution >= 4 is 0 Å². The van der Waals surface area contributed by atoms with Crippen LogP contribution >= 0.6 is 0 Å². The van der Waals surface area contributed by atoms with E-state index in [0.29, 0.717) is 13.0 Å². The molecule has 0 aromatic carbocycles. The minimum absolute atomic E-state index is 0.485. The zero-order valence-electron chi connectivity index (χ0n) is 10.6. The van der Waals surface area contributed by atoms with Gasteiger partial charge < -0.3 is 14.4 Å². The molecule has 0 saturated carbocycles. The fraction of sp³-hybridized carbons (Fsp3) is 0.750. The van der Waals surface area contributed by atoms with E-state index in [2.05, 4.69) is 4.98 Å². The first-order valence-corrected chi connectivity index (χ1v) is 5.81. The molecule has 0 aliphatic carbocycles. The van der Waals surface area contributed by atoms with Crippen LogP contribution in [0.25, 0.3) is 0 Å². The van der Waals surface area contributed by atoms with Crippen molar-refractivity contribution in [2.45, 2.75) is 45.3 Å². The van der Waals surface area contributed by atoms with Gasteiger partial charge in [-0.25, -0.2) is 4.98 Å². The first-order chi connectivity index (χ1) is 7.53. The molecule has 1 aromatic heterocycles. The molecule has 0 radical (unpaired) electrons. The average molecular weight is 226 g/mol. The summed E-state index contributed by atoms with van der Waals surface area (Å²) in [6.07, 6.45) is 4.40. The van der Waals surface area contributed by atoms with Crippen molar-refractivity contribution in [3.8, 4) is 0 Å². The van der Waals surface area contributed by atoms with Gasteiger partial charge in [-0.2, -0.15) is 0 Å². The van der Waals surface area contributed by atoms with Crippen LogP contribution in [0.15, 0.2) is 12.4 Å². The fourth-order valence-corrected chi connectivity index (χ4v) is 1.75. The maximum absolute atomic E-state index is 10.2. The van der Waals surface area contributed by atoms with Crippen LogP contribution in [0.3, 0.4) is 0 Å². The van der Waals surface area contributed by atoms with Gasteiger partial charge in [-0.05, 0) is 20.3 Å². The smallest absolute Gasteiger partial charge is 0.111 e. The summed E-state index contributed by atoms with van der Waals surface area (Å²) < 4.78 is 7.56. The Morgan fingerprint density at radius 2 is 2.25 bits per heavy atom. The van der Waals surface area contributed by atoms with Crippen molar-refractivity contribution in [3.05, 3.63) is 18.2 Å². The molecule has 0 saturated heterocycles. The minimum atomic E-state index is -0.529. The van der Waals surface area contributed by atoms with Gasteiger partial charge in [0, 0.05) is 32.5 Å². The highest BCUT2D eigenvalue weighted by Gasteiger charge is 2.32. The molecule has 92 valence electrons. The van der Waals surface area contributed by atoms with Crippen LogP contribution in [0.2, 0.25) is 0 Å². The fourth-order valence-electron chi connectivity index (χ4n) is 1.75. The van der Waals surface area contributed by atoms with E-state index in [4.69, 9.17) is 4.74 Å². The molecule has 1 rings (SSSR count). The van der Waals surface area contributed by atoms with Crippen LogP contribution in [0.5, 0.6) is 0 Å². The van der Waals surface area contributed by atoms with Crippen LogP contribution in [0, 0.1) is 0 Å². The largest absolute Gasteiger partial charge is 0.390 e. The number of hydrogen-bond donors (Lipinski definition) is 1.